The number of hydrogen-bond donors (Lipinski definition) is 0. The summed E-state index contributed by atoms with van der Waals surface area (Å²) in [5.41, 5.74) is -1.09. The minimum atomic E-state index is -1.42. The molecule has 0 radical (unpaired) electrons. The van der Waals surface area contributed by atoms with Gasteiger partial charge < -0.3 is 4.90 Å². The Kier molecular flexibility index (Phi) is 3.40. The van der Waals surface area contributed by atoms with E-state index in [-0.39, 0.29) is 11.7 Å². The van der Waals surface area contributed by atoms with Gasteiger partial charge in [0.25, 0.3) is 5.69 Å². The van der Waals surface area contributed by atoms with E-state index < -0.39 is 33.2 Å². The Bertz CT molecular complexity index is 576. The summed E-state index contributed by atoms with van der Waals surface area (Å²) in [4.78, 5) is 22.7. The number of hydrogen-bond acceptors (Lipinski definition) is 3. The van der Waals surface area contributed by atoms with Crippen molar-refractivity contribution >= 4 is 28.9 Å². The molecule has 1 aromatic carbocycles. The Morgan fingerprint density at radius 1 is 1.53 bits per heavy atom. The van der Waals surface area contributed by atoms with Crippen molar-refractivity contribution in [3.63, 3.8) is 0 Å². The van der Waals surface area contributed by atoms with Crippen molar-refractivity contribution in [1.82, 2.24) is 0 Å². The van der Waals surface area contributed by atoms with Gasteiger partial charge in [0.2, 0.25) is 5.91 Å². The van der Waals surface area contributed by atoms with Gasteiger partial charge in [0, 0.05) is 13.0 Å². The Balaban J connectivity index is 2.68. The number of anilines is 1. The number of amides is 1. The van der Waals surface area contributed by atoms with E-state index in [2.05, 4.69) is 0 Å². The molecule has 0 aliphatic heterocycles. The minimum absolute atomic E-state index is 0.251. The van der Waals surface area contributed by atoms with Crippen LogP contribution in [0.4, 0.5) is 20.2 Å². The molecule has 0 saturated heterocycles. The van der Waals surface area contributed by atoms with Crippen LogP contribution in [0.2, 0.25) is 5.02 Å². The standard InChI is InChI=1S/C11H9ClF2N2O3/c1-5(17)15(6-2-3-6)11-8(16(18)19)4-7(13)10(14)9(11)12/h4,6H,2-3H2,1H3. The van der Waals surface area contributed by atoms with E-state index >= 15 is 0 Å². The summed E-state index contributed by atoms with van der Waals surface area (Å²) in [5, 5.41) is 10.2. The molecule has 0 aromatic heterocycles. The molecule has 5 nitrogen and oxygen atoms in total. The highest BCUT2D eigenvalue weighted by molar-refractivity contribution is 6.34. The fourth-order valence-electron chi connectivity index (χ4n) is 1.87. The van der Waals surface area contributed by atoms with E-state index in [9.17, 15) is 23.7 Å². The predicted octanol–water partition coefficient (Wildman–Crippen LogP) is 3.04. The first-order chi connectivity index (χ1) is 8.84. The van der Waals surface area contributed by atoms with Crippen LogP contribution in [0.5, 0.6) is 0 Å². The number of nitro benzene ring substituents is 1. The SMILES string of the molecule is CC(=O)N(c1c([N+](=O)[O-])cc(F)c(F)c1Cl)C1CC1. The Hall–Kier alpha value is -1.76. The molecule has 102 valence electrons. The highest BCUT2D eigenvalue weighted by Crippen LogP contribution is 2.43. The van der Waals surface area contributed by atoms with Crippen molar-refractivity contribution in [2.45, 2.75) is 25.8 Å². The first-order valence-electron chi connectivity index (χ1n) is 5.46. The third-order valence-electron chi connectivity index (χ3n) is 2.81. The molecule has 19 heavy (non-hydrogen) atoms. The highest BCUT2D eigenvalue weighted by atomic mass is 35.5. The van der Waals surface area contributed by atoms with Gasteiger partial charge in [0.15, 0.2) is 11.6 Å². The quantitative estimate of drug-likeness (QED) is 0.488. The molecule has 0 N–H and O–H groups in total. The maximum atomic E-state index is 13.5. The third kappa shape index (κ3) is 2.37. The largest absolute Gasteiger partial charge is 0.302 e. The molecule has 1 fully saturated rings. The molecule has 0 unspecified atom stereocenters. The maximum absolute atomic E-state index is 13.5. The van der Waals surface area contributed by atoms with E-state index in [1.807, 2.05) is 0 Å². The average molecular weight is 291 g/mol. The number of carbonyl (C=O) groups excluding carboxylic acids is 1. The lowest BCUT2D eigenvalue weighted by molar-refractivity contribution is -0.384. The number of benzene rings is 1. The Morgan fingerprint density at radius 2 is 2.11 bits per heavy atom. The Labute approximate surface area is 111 Å². The second-order valence-corrected chi connectivity index (χ2v) is 4.61. The number of halogens is 3. The number of nitrogens with zero attached hydrogens (tertiary/aromatic N) is 2. The molecule has 1 saturated carbocycles. The zero-order valence-electron chi connectivity index (χ0n) is 9.82. The van der Waals surface area contributed by atoms with E-state index in [0.29, 0.717) is 18.9 Å². The molecular formula is C11H9ClF2N2O3. The summed E-state index contributed by atoms with van der Waals surface area (Å²) in [6.45, 7) is 1.19. The lowest BCUT2D eigenvalue weighted by Gasteiger charge is -2.21. The zero-order valence-corrected chi connectivity index (χ0v) is 10.6. The molecule has 1 aliphatic rings. The smallest absolute Gasteiger partial charge is 0.297 e. The van der Waals surface area contributed by atoms with Crippen LogP contribution >= 0.6 is 11.6 Å². The fraction of sp³-hybridized carbons (Fsp3) is 0.364. The van der Waals surface area contributed by atoms with Crippen LogP contribution in [0.1, 0.15) is 19.8 Å². The van der Waals surface area contributed by atoms with Gasteiger partial charge in [-0.3, -0.25) is 14.9 Å². The van der Waals surface area contributed by atoms with Crippen molar-refractivity contribution in [2.75, 3.05) is 4.90 Å². The van der Waals surface area contributed by atoms with Crippen LogP contribution in [0, 0.1) is 21.7 Å². The Morgan fingerprint density at radius 3 is 2.53 bits per heavy atom. The van der Waals surface area contributed by atoms with E-state index in [0.717, 1.165) is 4.90 Å². The average Bonchev–Trinajstić information content (AvgIpc) is 3.12. The van der Waals surface area contributed by atoms with Gasteiger partial charge in [-0.05, 0) is 12.8 Å². The maximum Gasteiger partial charge on any atom is 0.297 e. The van der Waals surface area contributed by atoms with Crippen molar-refractivity contribution in [2.24, 2.45) is 0 Å². The van der Waals surface area contributed by atoms with Gasteiger partial charge in [0.1, 0.15) is 10.7 Å². The van der Waals surface area contributed by atoms with Crippen molar-refractivity contribution < 1.29 is 18.5 Å². The monoisotopic (exact) mass is 290 g/mol. The van der Waals surface area contributed by atoms with E-state index in [1.165, 1.54) is 6.92 Å². The lowest BCUT2D eigenvalue weighted by Crippen LogP contribution is -2.31. The first kappa shape index (κ1) is 13.7. The summed E-state index contributed by atoms with van der Waals surface area (Å²) in [7, 11) is 0. The van der Waals surface area contributed by atoms with Gasteiger partial charge in [0.05, 0.1) is 11.0 Å². The molecule has 1 aromatic rings. The van der Waals surface area contributed by atoms with Crippen LogP contribution in [0.3, 0.4) is 0 Å². The lowest BCUT2D eigenvalue weighted by atomic mass is 10.2. The summed E-state index contributed by atoms with van der Waals surface area (Å²) in [6.07, 6.45) is 1.29. The van der Waals surface area contributed by atoms with Crippen molar-refractivity contribution in [1.29, 1.82) is 0 Å². The second-order valence-electron chi connectivity index (χ2n) is 4.23. The second kappa shape index (κ2) is 4.73. The molecule has 8 heteroatoms. The molecule has 1 amide bonds. The molecule has 0 bridgehead atoms. The van der Waals surface area contributed by atoms with Crippen LogP contribution < -0.4 is 4.90 Å². The highest BCUT2D eigenvalue weighted by Gasteiger charge is 2.38. The molecule has 1 aliphatic carbocycles. The predicted molar refractivity (Wildman–Crippen MR) is 64.2 cm³/mol. The van der Waals surface area contributed by atoms with Crippen molar-refractivity contribution in [3.8, 4) is 0 Å². The van der Waals surface area contributed by atoms with Crippen molar-refractivity contribution in [3.05, 3.63) is 32.8 Å². The molecule has 0 atom stereocenters. The van der Waals surface area contributed by atoms with Gasteiger partial charge in [-0.15, -0.1) is 0 Å². The van der Waals surface area contributed by atoms with Crippen LogP contribution in [-0.2, 0) is 4.79 Å². The number of nitro groups is 1. The van der Waals surface area contributed by atoms with E-state index in [4.69, 9.17) is 11.6 Å². The minimum Gasteiger partial charge on any atom is -0.302 e. The first-order valence-corrected chi connectivity index (χ1v) is 5.84. The summed E-state index contributed by atoms with van der Waals surface area (Å²) in [6, 6.07) is 0.188. The summed E-state index contributed by atoms with van der Waals surface area (Å²) >= 11 is 5.65. The van der Waals surface area contributed by atoms with E-state index in [1.54, 1.807) is 0 Å². The number of carbonyl (C=O) groups is 1. The molecule has 0 heterocycles. The van der Waals surface area contributed by atoms with Crippen LogP contribution in [-0.4, -0.2) is 16.9 Å². The van der Waals surface area contributed by atoms with Gasteiger partial charge in [-0.1, -0.05) is 11.6 Å². The third-order valence-corrected chi connectivity index (χ3v) is 3.15. The molecule has 2 rings (SSSR count). The molecule has 0 spiro atoms. The topological polar surface area (TPSA) is 63.5 Å². The fourth-order valence-corrected chi connectivity index (χ4v) is 2.15. The zero-order chi connectivity index (χ0) is 14.3. The van der Waals surface area contributed by atoms with Gasteiger partial charge >= 0.3 is 0 Å². The van der Waals surface area contributed by atoms with Crippen LogP contribution in [0.25, 0.3) is 0 Å². The molecular weight excluding hydrogens is 282 g/mol. The van der Waals surface area contributed by atoms with Crippen LogP contribution in [0.15, 0.2) is 6.07 Å². The number of rotatable bonds is 3. The summed E-state index contributed by atoms with van der Waals surface area (Å²) < 4.78 is 26.7. The van der Waals surface area contributed by atoms with Gasteiger partial charge in [-0.25, -0.2) is 8.78 Å². The van der Waals surface area contributed by atoms with Gasteiger partial charge in [-0.2, -0.15) is 0 Å². The normalized spacial score (nSPS) is 14.3. The summed E-state index contributed by atoms with van der Waals surface area (Å²) in [5.74, 6) is -3.31.